The molecule has 0 amide bonds. The van der Waals surface area contributed by atoms with Crippen LogP contribution in [0.15, 0.2) is 30.3 Å². The molecular weight excluding hydrogens is 298 g/mol. The van der Waals surface area contributed by atoms with E-state index >= 15 is 0 Å². The van der Waals surface area contributed by atoms with Gasteiger partial charge >= 0.3 is 0 Å². The minimum Gasteiger partial charge on any atom is -0.339 e. The topological polar surface area (TPSA) is 61.2 Å². The third kappa shape index (κ3) is 3.17. The summed E-state index contributed by atoms with van der Waals surface area (Å²) < 4.78 is 0. The van der Waals surface area contributed by atoms with Gasteiger partial charge in [-0.3, -0.25) is 4.90 Å². The van der Waals surface area contributed by atoms with E-state index in [9.17, 15) is 0 Å². The van der Waals surface area contributed by atoms with Gasteiger partial charge in [0.15, 0.2) is 5.15 Å². The molecule has 1 aromatic carbocycles. The van der Waals surface area contributed by atoms with Crippen LogP contribution < -0.4 is 5.73 Å². The Balaban J connectivity index is 1.85. The Kier molecular flexibility index (Phi) is 4.78. The average Bonchev–Trinajstić information content (AvgIpc) is 2.93. The summed E-state index contributed by atoms with van der Waals surface area (Å²) in [5.41, 5.74) is 7.98. The van der Waals surface area contributed by atoms with E-state index < -0.39 is 0 Å². The number of likely N-dealkylation sites (N-methyl/N-ethyl adjacent to an activating group) is 1. The highest BCUT2D eigenvalue weighted by Crippen LogP contribution is 2.29. The van der Waals surface area contributed by atoms with Gasteiger partial charge in [-0.2, -0.15) is 0 Å². The molecule has 3 N–H and O–H groups in total. The molecule has 1 saturated heterocycles. The van der Waals surface area contributed by atoms with Gasteiger partial charge in [-0.25, -0.2) is 4.98 Å². The van der Waals surface area contributed by atoms with Gasteiger partial charge in [0.2, 0.25) is 0 Å². The van der Waals surface area contributed by atoms with Gasteiger partial charge in [0.1, 0.15) is 5.82 Å². The zero-order valence-corrected chi connectivity index (χ0v) is 13.6. The van der Waals surface area contributed by atoms with Crippen molar-refractivity contribution < 1.29 is 0 Å². The highest BCUT2D eigenvalue weighted by Gasteiger charge is 2.26. The number of benzene rings is 1. The molecule has 0 saturated carbocycles. The van der Waals surface area contributed by atoms with Crippen LogP contribution in [-0.2, 0) is 0 Å². The first-order valence-electron chi connectivity index (χ1n) is 7.62. The summed E-state index contributed by atoms with van der Waals surface area (Å²) in [5.74, 6) is 0.799. The summed E-state index contributed by atoms with van der Waals surface area (Å²) >= 11 is 6.38. The lowest BCUT2D eigenvalue weighted by molar-refractivity contribution is 0.113. The number of piperazine rings is 1. The van der Waals surface area contributed by atoms with Crippen LogP contribution in [0, 0.1) is 0 Å². The molecule has 0 aliphatic carbocycles. The maximum atomic E-state index is 6.38. The summed E-state index contributed by atoms with van der Waals surface area (Å²) in [6.07, 6.45) is 0. The number of nitrogens with two attached hydrogens (primary N) is 1. The molecule has 2 aromatic rings. The number of aromatic nitrogens is 2. The van der Waals surface area contributed by atoms with E-state index in [0.717, 1.165) is 43.3 Å². The van der Waals surface area contributed by atoms with Crippen molar-refractivity contribution in [2.75, 3.05) is 39.8 Å². The summed E-state index contributed by atoms with van der Waals surface area (Å²) in [5, 5.41) is 0.522. The van der Waals surface area contributed by atoms with Crippen LogP contribution in [0.3, 0.4) is 0 Å². The number of hydrogen-bond acceptors (Lipinski definition) is 4. The Morgan fingerprint density at radius 3 is 2.55 bits per heavy atom. The van der Waals surface area contributed by atoms with E-state index in [0.29, 0.717) is 11.7 Å². The fraction of sp³-hybridized carbons (Fsp3) is 0.438. The lowest BCUT2D eigenvalue weighted by atomic mass is 10.1. The number of aromatic amines is 1. The average molecular weight is 320 g/mol. The van der Waals surface area contributed by atoms with E-state index in [-0.39, 0.29) is 6.04 Å². The van der Waals surface area contributed by atoms with Gasteiger partial charge in [-0.1, -0.05) is 41.9 Å². The molecule has 1 aromatic heterocycles. The van der Waals surface area contributed by atoms with Crippen molar-refractivity contribution >= 4 is 11.6 Å². The smallest absolute Gasteiger partial charge is 0.152 e. The zero-order valence-electron chi connectivity index (χ0n) is 12.8. The maximum absolute atomic E-state index is 6.38. The zero-order chi connectivity index (χ0) is 15.5. The molecule has 2 heterocycles. The van der Waals surface area contributed by atoms with Crippen LogP contribution in [0.5, 0.6) is 0 Å². The first kappa shape index (κ1) is 15.5. The van der Waals surface area contributed by atoms with Crippen LogP contribution in [0.1, 0.15) is 11.7 Å². The number of H-pyrrole nitrogens is 1. The van der Waals surface area contributed by atoms with Crippen LogP contribution in [-0.4, -0.2) is 59.5 Å². The Labute approximate surface area is 136 Å². The normalized spacial score (nSPS) is 18.5. The Hall–Kier alpha value is -1.40. The third-order valence-electron chi connectivity index (χ3n) is 4.27. The van der Waals surface area contributed by atoms with Crippen LogP contribution in [0.25, 0.3) is 11.4 Å². The predicted molar refractivity (Wildman–Crippen MR) is 89.9 cm³/mol. The number of imidazole rings is 1. The molecule has 0 spiro atoms. The van der Waals surface area contributed by atoms with E-state index in [2.05, 4.69) is 26.8 Å². The SMILES string of the molecule is CN1CCN(C(CN)c2[nH]c(-c3ccccc3)nc2Cl)CC1. The second-order valence-corrected chi connectivity index (χ2v) is 6.10. The number of hydrogen-bond donors (Lipinski definition) is 2. The van der Waals surface area contributed by atoms with Crippen molar-refractivity contribution in [3.05, 3.63) is 41.2 Å². The third-order valence-corrected chi connectivity index (χ3v) is 4.56. The van der Waals surface area contributed by atoms with Crippen LogP contribution >= 0.6 is 11.6 Å². The minimum atomic E-state index is 0.0890. The van der Waals surface area contributed by atoms with Crippen molar-refractivity contribution in [3.63, 3.8) is 0 Å². The Morgan fingerprint density at radius 1 is 1.23 bits per heavy atom. The molecule has 1 fully saturated rings. The van der Waals surface area contributed by atoms with Gasteiger partial charge in [-0.05, 0) is 7.05 Å². The molecule has 6 heteroatoms. The molecular formula is C16H22ClN5. The molecule has 22 heavy (non-hydrogen) atoms. The number of nitrogens with one attached hydrogen (secondary N) is 1. The van der Waals surface area contributed by atoms with E-state index in [1.165, 1.54) is 0 Å². The number of halogens is 1. The fourth-order valence-electron chi connectivity index (χ4n) is 2.90. The quantitative estimate of drug-likeness (QED) is 0.904. The lowest BCUT2D eigenvalue weighted by Gasteiger charge is -2.37. The lowest BCUT2D eigenvalue weighted by Crippen LogP contribution is -2.47. The molecule has 0 radical (unpaired) electrons. The van der Waals surface area contributed by atoms with E-state index in [1.54, 1.807) is 0 Å². The summed E-state index contributed by atoms with van der Waals surface area (Å²) in [4.78, 5) is 12.6. The Bertz CT molecular complexity index is 604. The standard InChI is InChI=1S/C16H22ClN5/c1-21-7-9-22(10-8-21)13(11-18)14-15(17)20-16(19-14)12-5-3-2-4-6-12/h2-6,13H,7-11,18H2,1H3,(H,19,20). The van der Waals surface area contributed by atoms with Crippen molar-refractivity contribution in [2.45, 2.75) is 6.04 Å². The molecule has 1 aliphatic heterocycles. The first-order chi connectivity index (χ1) is 10.7. The highest BCUT2D eigenvalue weighted by atomic mass is 35.5. The molecule has 1 atom stereocenters. The number of rotatable bonds is 4. The summed E-state index contributed by atoms with van der Waals surface area (Å²) in [6, 6.07) is 10.1. The largest absolute Gasteiger partial charge is 0.339 e. The molecule has 0 bridgehead atoms. The van der Waals surface area contributed by atoms with Crippen molar-refractivity contribution in [3.8, 4) is 11.4 Å². The Morgan fingerprint density at radius 2 is 1.91 bits per heavy atom. The highest BCUT2D eigenvalue weighted by molar-refractivity contribution is 6.30. The van der Waals surface area contributed by atoms with Crippen molar-refractivity contribution in [1.82, 2.24) is 19.8 Å². The van der Waals surface area contributed by atoms with E-state index in [4.69, 9.17) is 17.3 Å². The van der Waals surface area contributed by atoms with Crippen molar-refractivity contribution in [2.24, 2.45) is 5.73 Å². The van der Waals surface area contributed by atoms with Crippen LogP contribution in [0.2, 0.25) is 5.15 Å². The molecule has 1 unspecified atom stereocenters. The van der Waals surface area contributed by atoms with Crippen LogP contribution in [0.4, 0.5) is 0 Å². The molecule has 3 rings (SSSR count). The summed E-state index contributed by atoms with van der Waals surface area (Å²) in [7, 11) is 2.14. The van der Waals surface area contributed by atoms with Gasteiger partial charge in [0, 0.05) is 38.3 Å². The fourth-order valence-corrected chi connectivity index (χ4v) is 3.16. The molecule has 118 valence electrons. The number of nitrogens with zero attached hydrogens (tertiary/aromatic N) is 3. The van der Waals surface area contributed by atoms with E-state index in [1.807, 2.05) is 30.3 Å². The van der Waals surface area contributed by atoms with Gasteiger partial charge in [0.05, 0.1) is 11.7 Å². The second kappa shape index (κ2) is 6.79. The first-order valence-corrected chi connectivity index (χ1v) is 8.00. The second-order valence-electron chi connectivity index (χ2n) is 5.75. The summed E-state index contributed by atoms with van der Waals surface area (Å²) in [6.45, 7) is 4.62. The monoisotopic (exact) mass is 319 g/mol. The van der Waals surface area contributed by atoms with Crippen molar-refractivity contribution in [1.29, 1.82) is 0 Å². The molecule has 1 aliphatic rings. The maximum Gasteiger partial charge on any atom is 0.152 e. The van der Waals surface area contributed by atoms with Gasteiger partial charge < -0.3 is 15.6 Å². The van der Waals surface area contributed by atoms with Gasteiger partial charge in [-0.15, -0.1) is 0 Å². The minimum absolute atomic E-state index is 0.0890. The predicted octanol–water partition coefficient (Wildman–Crippen LogP) is 1.98. The van der Waals surface area contributed by atoms with Gasteiger partial charge in [0.25, 0.3) is 0 Å². The molecule has 5 nitrogen and oxygen atoms in total.